The van der Waals surface area contributed by atoms with Gasteiger partial charge < -0.3 is 14.2 Å². The number of nitrogens with zero attached hydrogens (tertiary/aromatic N) is 1. The molecule has 2 unspecified atom stereocenters. The van der Waals surface area contributed by atoms with Crippen LogP contribution >= 0.6 is 0 Å². The zero-order valence-corrected chi connectivity index (χ0v) is 42.2. The SMILES string of the molecule is COc1ccccc1S(=O)(=O)Nc1cc(C(C)c2ccccc2)c2c(c1)C1(CCC1)C(=O)C2.COc1ccccc1S(=O)(=O)[N-]c1cc(C(C)c2ccccc2)c2c(c1)C1(CCC1)C(=O)C2.[Na+]. The molecule has 2 saturated carbocycles. The summed E-state index contributed by atoms with van der Waals surface area (Å²) < 4.78 is 70.5. The molecule has 0 bridgehead atoms. The molecule has 6 aromatic carbocycles. The van der Waals surface area contributed by atoms with Crippen LogP contribution in [0, 0.1) is 0 Å². The Morgan fingerprint density at radius 3 is 1.48 bits per heavy atom. The first-order valence-electron chi connectivity index (χ1n) is 22.5. The number of carbonyl (C=O) groups excluding carboxylic acids is 2. The van der Waals surface area contributed by atoms with Crippen LogP contribution in [0.4, 0.5) is 11.4 Å². The first-order valence-corrected chi connectivity index (χ1v) is 25.4. The van der Waals surface area contributed by atoms with Gasteiger partial charge in [0.25, 0.3) is 10.0 Å². The van der Waals surface area contributed by atoms with E-state index < -0.39 is 30.9 Å². The van der Waals surface area contributed by atoms with E-state index in [-0.39, 0.29) is 74.2 Å². The molecule has 0 aromatic heterocycles. The number of anilines is 1. The van der Waals surface area contributed by atoms with E-state index >= 15 is 0 Å². The van der Waals surface area contributed by atoms with Crippen LogP contribution in [0.25, 0.3) is 4.72 Å². The van der Waals surface area contributed by atoms with Crippen molar-refractivity contribution in [2.75, 3.05) is 18.9 Å². The summed E-state index contributed by atoms with van der Waals surface area (Å²) >= 11 is 0. The average molecular weight is 945 g/mol. The molecular formula is C54H53N2NaO8S2. The number of carbonyl (C=O) groups is 2. The topological polar surface area (TPSA) is 147 Å². The Morgan fingerprint density at radius 1 is 0.567 bits per heavy atom. The molecular weight excluding hydrogens is 892 g/mol. The number of ketones is 2. The largest absolute Gasteiger partial charge is 1.00 e. The molecule has 2 atom stereocenters. The molecule has 0 amide bonds. The van der Waals surface area contributed by atoms with E-state index in [0.29, 0.717) is 24.2 Å². The van der Waals surface area contributed by atoms with Gasteiger partial charge in [-0.15, -0.1) is 5.69 Å². The molecule has 13 heteroatoms. The van der Waals surface area contributed by atoms with Crippen molar-refractivity contribution in [1.82, 2.24) is 0 Å². The average Bonchev–Trinajstić information content (AvgIpc) is 3.78. The number of benzene rings is 6. The molecule has 67 heavy (non-hydrogen) atoms. The van der Waals surface area contributed by atoms with Crippen LogP contribution in [0.5, 0.6) is 11.5 Å². The second-order valence-electron chi connectivity index (χ2n) is 18.0. The zero-order valence-electron chi connectivity index (χ0n) is 38.5. The van der Waals surface area contributed by atoms with E-state index in [4.69, 9.17) is 9.47 Å². The van der Waals surface area contributed by atoms with Gasteiger partial charge in [0, 0.05) is 30.4 Å². The summed E-state index contributed by atoms with van der Waals surface area (Å²) in [5.41, 5.74) is 8.23. The summed E-state index contributed by atoms with van der Waals surface area (Å²) in [6.07, 6.45) is 6.16. The molecule has 0 heterocycles. The Labute approximate surface area is 416 Å². The molecule has 2 fully saturated rings. The maximum Gasteiger partial charge on any atom is 1.00 e. The summed E-state index contributed by atoms with van der Waals surface area (Å²) in [4.78, 5) is 26.3. The Morgan fingerprint density at radius 2 is 1.00 bits per heavy atom. The van der Waals surface area contributed by atoms with Gasteiger partial charge in [0.2, 0.25) is 0 Å². The second-order valence-corrected chi connectivity index (χ2v) is 21.2. The molecule has 6 aromatic rings. The molecule has 0 radical (unpaired) electrons. The Bertz CT molecular complexity index is 2870. The Kier molecular flexibility index (Phi) is 13.7. The minimum Gasteiger partial charge on any atom is -0.573 e. The van der Waals surface area contributed by atoms with Crippen LogP contribution in [-0.2, 0) is 53.3 Å². The number of ether oxygens (including phenoxy) is 2. The number of rotatable bonds is 12. The van der Waals surface area contributed by atoms with Crippen molar-refractivity contribution < 1.29 is 65.5 Å². The van der Waals surface area contributed by atoms with Gasteiger partial charge in [-0.25, -0.2) is 16.8 Å². The van der Waals surface area contributed by atoms with E-state index in [2.05, 4.69) is 47.6 Å². The minimum atomic E-state index is -4.01. The third-order valence-corrected chi connectivity index (χ3v) is 17.2. The van der Waals surface area contributed by atoms with Gasteiger partial charge in [-0.1, -0.05) is 124 Å². The fourth-order valence-electron chi connectivity index (χ4n) is 10.5. The Balaban J connectivity index is 0.000000179. The summed E-state index contributed by atoms with van der Waals surface area (Å²) in [5, 5.41) is 0. The quantitative estimate of drug-likeness (QED) is 0.122. The number of sulfonamides is 2. The molecule has 10 rings (SSSR count). The van der Waals surface area contributed by atoms with Gasteiger partial charge in [0.05, 0.1) is 29.9 Å². The van der Waals surface area contributed by atoms with E-state index in [1.807, 2.05) is 60.7 Å². The van der Waals surface area contributed by atoms with Crippen molar-refractivity contribution in [2.45, 2.75) is 97.7 Å². The maximum atomic E-state index is 13.3. The van der Waals surface area contributed by atoms with Crippen LogP contribution in [0.15, 0.2) is 143 Å². The first-order chi connectivity index (χ1) is 31.7. The predicted molar refractivity (Wildman–Crippen MR) is 256 cm³/mol. The number of methoxy groups -OCH3 is 2. The Hall–Kier alpha value is -5.24. The van der Waals surface area contributed by atoms with Crippen LogP contribution in [0.3, 0.4) is 0 Å². The normalized spacial score (nSPS) is 17.1. The molecule has 1 N–H and O–H groups in total. The smallest absolute Gasteiger partial charge is 0.573 e. The van der Waals surface area contributed by atoms with Gasteiger partial charge in [0.15, 0.2) is 0 Å². The summed E-state index contributed by atoms with van der Waals surface area (Å²) in [5.74, 6) is 1.08. The number of para-hydroxylation sites is 2. The molecule has 0 aliphatic heterocycles. The molecule has 340 valence electrons. The van der Waals surface area contributed by atoms with E-state index in [1.54, 1.807) is 36.4 Å². The fraction of sp³-hybridized carbons (Fsp3) is 0.296. The third-order valence-electron chi connectivity index (χ3n) is 14.5. The summed E-state index contributed by atoms with van der Waals surface area (Å²) in [6, 6.07) is 40.7. The zero-order chi connectivity index (χ0) is 46.4. The van der Waals surface area contributed by atoms with Crippen LogP contribution in [-0.4, -0.2) is 42.6 Å². The van der Waals surface area contributed by atoms with E-state index in [0.717, 1.165) is 83.0 Å². The number of Topliss-reactive ketones (excluding diaryl/α,β-unsaturated/α-hetero) is 2. The van der Waals surface area contributed by atoms with Crippen molar-refractivity contribution in [3.63, 3.8) is 0 Å². The standard InChI is InChI=1S/C27H27NO4S.C27H26NO4S.Na/c2*1-18(19-9-4-3-5-10-19)21-15-20(16-23-22(21)17-26(29)27(23)13-8-14-27)28-33(30,31)25-12-7-6-11-24(25)32-2;/h3-7,9-12,15-16,18,28H,8,13-14,17H2,1-2H3;3-7,9-12,15-16,18H,8,13-14,17H2,1-2H3;/q;-1;+1. The van der Waals surface area contributed by atoms with Gasteiger partial charge in [-0.3, -0.25) is 14.3 Å². The van der Waals surface area contributed by atoms with E-state index in [9.17, 15) is 26.4 Å². The van der Waals surface area contributed by atoms with Crippen LogP contribution in [0.1, 0.15) is 109 Å². The van der Waals surface area contributed by atoms with Crippen molar-refractivity contribution in [3.8, 4) is 11.5 Å². The third kappa shape index (κ3) is 8.76. The fourth-order valence-corrected chi connectivity index (χ4v) is 12.9. The van der Waals surface area contributed by atoms with Gasteiger partial charge >= 0.3 is 29.6 Å². The molecule has 10 nitrogen and oxygen atoms in total. The van der Waals surface area contributed by atoms with Crippen molar-refractivity contribution >= 4 is 43.0 Å². The summed E-state index contributed by atoms with van der Waals surface area (Å²) in [6.45, 7) is 4.21. The van der Waals surface area contributed by atoms with Gasteiger partial charge in [-0.2, -0.15) is 0 Å². The van der Waals surface area contributed by atoms with Crippen molar-refractivity contribution in [2.24, 2.45) is 0 Å². The molecule has 0 saturated heterocycles. The number of nitrogens with one attached hydrogen (secondary N) is 1. The maximum absolute atomic E-state index is 13.3. The molecule has 4 aliphatic rings. The number of fused-ring (bicyclic) bond motifs is 4. The predicted octanol–water partition coefficient (Wildman–Crippen LogP) is 7.99. The molecule has 2 spiro atoms. The monoisotopic (exact) mass is 944 g/mol. The van der Waals surface area contributed by atoms with Crippen LogP contribution < -0.4 is 43.8 Å². The van der Waals surface area contributed by atoms with Gasteiger partial charge in [-0.05, 0) is 107 Å². The van der Waals surface area contributed by atoms with E-state index in [1.165, 1.54) is 26.4 Å². The summed E-state index contributed by atoms with van der Waals surface area (Å²) in [7, 11) is -4.99. The van der Waals surface area contributed by atoms with Gasteiger partial charge in [0.1, 0.15) is 38.0 Å². The van der Waals surface area contributed by atoms with Crippen LogP contribution in [0.2, 0.25) is 0 Å². The first kappa shape index (κ1) is 48.2. The minimum absolute atomic E-state index is 0. The second kappa shape index (κ2) is 19.0. The molecule has 4 aliphatic carbocycles. The number of hydrogen-bond acceptors (Lipinski definition) is 8. The van der Waals surface area contributed by atoms with Crippen molar-refractivity contribution in [3.05, 3.63) is 183 Å². The van der Waals surface area contributed by atoms with Crippen molar-refractivity contribution in [1.29, 1.82) is 0 Å². The number of hydrogen-bond donors (Lipinski definition) is 1.